The molecule has 3 aromatic heterocycles. The highest BCUT2D eigenvalue weighted by atomic mass is 16.3. The number of para-hydroxylation sites is 1. The Balaban J connectivity index is 1.19. The van der Waals surface area contributed by atoms with Crippen molar-refractivity contribution in [3.05, 3.63) is 88.7 Å². The number of hydrogen-bond acceptors (Lipinski definition) is 6. The summed E-state index contributed by atoms with van der Waals surface area (Å²) in [5.41, 5.74) is 11.0. The number of carbonyl (C=O) groups is 1. The molecule has 4 heterocycles. The predicted molar refractivity (Wildman–Crippen MR) is 162 cm³/mol. The summed E-state index contributed by atoms with van der Waals surface area (Å²) in [4.78, 5) is 35.9. The number of anilines is 2. The molecule has 2 aliphatic rings. The van der Waals surface area contributed by atoms with Crippen molar-refractivity contribution in [2.75, 3.05) is 11.1 Å². The standard InChI is InChI=1S/C32H33N7O3/c33-29-27-25(18-37(30(27)35-19-34-29)22-13-15-24(40)16-14-22)20-9-11-21(12-10-20)36-31(41)28-26-8-4-5-17-38(26)39(32(28)42)23-6-2-1-3-7-23/h1-3,6-7,9-12,18-19,22,24,40H,4-5,8,13-17H2,(H,36,41)(H2,33,34,35). The Morgan fingerprint density at radius 2 is 1.74 bits per heavy atom. The first kappa shape index (κ1) is 26.2. The maximum Gasteiger partial charge on any atom is 0.284 e. The van der Waals surface area contributed by atoms with Crippen molar-refractivity contribution in [1.82, 2.24) is 23.9 Å². The van der Waals surface area contributed by atoms with Crippen molar-refractivity contribution in [1.29, 1.82) is 0 Å². The molecular weight excluding hydrogens is 530 g/mol. The van der Waals surface area contributed by atoms with E-state index in [1.807, 2.05) is 59.3 Å². The fourth-order valence-corrected chi connectivity index (χ4v) is 6.55. The van der Waals surface area contributed by atoms with Crippen LogP contribution in [0.1, 0.15) is 60.6 Å². The minimum atomic E-state index is -0.401. The molecule has 10 heteroatoms. The molecule has 214 valence electrons. The normalized spacial score (nSPS) is 18.6. The van der Waals surface area contributed by atoms with E-state index in [4.69, 9.17) is 5.73 Å². The van der Waals surface area contributed by atoms with Gasteiger partial charge in [0.05, 0.1) is 22.9 Å². The lowest BCUT2D eigenvalue weighted by Crippen LogP contribution is -2.25. The van der Waals surface area contributed by atoms with E-state index in [0.717, 1.165) is 72.1 Å². The molecule has 10 nitrogen and oxygen atoms in total. The Bertz CT molecular complexity index is 1830. The van der Waals surface area contributed by atoms with E-state index in [9.17, 15) is 14.7 Å². The molecule has 0 bridgehead atoms. The maximum atomic E-state index is 13.6. The predicted octanol–water partition coefficient (Wildman–Crippen LogP) is 4.70. The van der Waals surface area contributed by atoms with E-state index in [-0.39, 0.29) is 23.3 Å². The van der Waals surface area contributed by atoms with Gasteiger partial charge in [-0.2, -0.15) is 0 Å². The molecule has 4 N–H and O–H groups in total. The number of nitrogens with two attached hydrogens (primary N) is 1. The quantitative estimate of drug-likeness (QED) is 0.284. The second-order valence-corrected chi connectivity index (χ2v) is 11.3. The van der Waals surface area contributed by atoms with Crippen molar-refractivity contribution in [3.8, 4) is 16.8 Å². The van der Waals surface area contributed by atoms with Crippen molar-refractivity contribution < 1.29 is 9.90 Å². The number of fused-ring (bicyclic) bond motifs is 2. The van der Waals surface area contributed by atoms with Crippen LogP contribution in [0.4, 0.5) is 11.5 Å². The average molecular weight is 564 g/mol. The topological polar surface area (TPSA) is 133 Å². The van der Waals surface area contributed by atoms with Crippen molar-refractivity contribution in [2.45, 2.75) is 63.6 Å². The highest BCUT2D eigenvalue weighted by molar-refractivity contribution is 6.05. The van der Waals surface area contributed by atoms with Gasteiger partial charge in [-0.15, -0.1) is 0 Å². The number of rotatable bonds is 5. The van der Waals surface area contributed by atoms with Gasteiger partial charge in [-0.05, 0) is 74.8 Å². The Morgan fingerprint density at radius 3 is 2.50 bits per heavy atom. The van der Waals surface area contributed by atoms with Gasteiger partial charge in [0.25, 0.3) is 11.5 Å². The van der Waals surface area contributed by atoms with Gasteiger partial charge in [-0.25, -0.2) is 14.6 Å². The Labute approximate surface area is 242 Å². The molecule has 1 aliphatic carbocycles. The zero-order valence-corrected chi connectivity index (χ0v) is 23.2. The zero-order chi connectivity index (χ0) is 28.8. The van der Waals surface area contributed by atoms with Crippen molar-refractivity contribution in [2.24, 2.45) is 0 Å². The third-order valence-corrected chi connectivity index (χ3v) is 8.66. The molecule has 5 aromatic rings. The van der Waals surface area contributed by atoms with Crippen molar-refractivity contribution in [3.63, 3.8) is 0 Å². The molecule has 1 saturated carbocycles. The van der Waals surface area contributed by atoms with Gasteiger partial charge >= 0.3 is 0 Å². The lowest BCUT2D eigenvalue weighted by atomic mass is 9.93. The Kier molecular flexibility index (Phi) is 6.62. The molecule has 0 atom stereocenters. The smallest absolute Gasteiger partial charge is 0.284 e. The third-order valence-electron chi connectivity index (χ3n) is 8.66. The highest BCUT2D eigenvalue weighted by Gasteiger charge is 2.28. The van der Waals surface area contributed by atoms with Crippen molar-refractivity contribution >= 4 is 28.4 Å². The summed E-state index contributed by atoms with van der Waals surface area (Å²) in [6, 6.07) is 17.2. The SMILES string of the molecule is Nc1ncnc2c1c(-c1ccc(NC(=O)c3c4n(n(-c5ccccc5)c3=O)CCCC4)cc1)cn2C1CCC(O)CC1. The number of nitrogens with zero attached hydrogens (tertiary/aromatic N) is 5. The van der Waals surface area contributed by atoms with E-state index < -0.39 is 5.91 Å². The van der Waals surface area contributed by atoms with Crippen LogP contribution in [0.3, 0.4) is 0 Å². The van der Waals surface area contributed by atoms with Crippen LogP contribution in [0, 0.1) is 0 Å². The number of nitrogens with one attached hydrogen (secondary N) is 1. The molecule has 0 unspecified atom stereocenters. The number of aliphatic hydroxyl groups is 1. The molecule has 0 radical (unpaired) electrons. The second-order valence-electron chi connectivity index (χ2n) is 11.3. The first-order chi connectivity index (χ1) is 20.5. The summed E-state index contributed by atoms with van der Waals surface area (Å²) in [6.07, 6.45) is 9.16. The number of hydrogen-bond donors (Lipinski definition) is 3. The van der Waals surface area contributed by atoms with E-state index >= 15 is 0 Å². The summed E-state index contributed by atoms with van der Waals surface area (Å²) < 4.78 is 5.74. The monoisotopic (exact) mass is 563 g/mol. The second kappa shape index (κ2) is 10.6. The molecular formula is C32H33N7O3. The van der Waals surface area contributed by atoms with E-state index in [2.05, 4.69) is 26.0 Å². The lowest BCUT2D eigenvalue weighted by molar-refractivity contribution is 0.102. The largest absolute Gasteiger partial charge is 0.393 e. The maximum absolute atomic E-state index is 13.6. The van der Waals surface area contributed by atoms with Crippen LogP contribution in [0.15, 0.2) is 71.9 Å². The fourth-order valence-electron chi connectivity index (χ4n) is 6.55. The van der Waals surface area contributed by atoms with Crippen LogP contribution in [-0.4, -0.2) is 41.0 Å². The molecule has 1 amide bonds. The summed E-state index contributed by atoms with van der Waals surface area (Å²) in [7, 11) is 0. The number of carbonyl (C=O) groups excluding carboxylic acids is 1. The van der Waals surface area contributed by atoms with Crippen LogP contribution >= 0.6 is 0 Å². The van der Waals surface area contributed by atoms with Gasteiger partial charge in [-0.1, -0.05) is 30.3 Å². The molecule has 7 rings (SSSR count). The molecule has 0 saturated heterocycles. The zero-order valence-electron chi connectivity index (χ0n) is 23.2. The Morgan fingerprint density at radius 1 is 0.976 bits per heavy atom. The van der Waals surface area contributed by atoms with Crippen LogP contribution in [0.2, 0.25) is 0 Å². The molecule has 0 spiro atoms. The van der Waals surface area contributed by atoms with Crippen LogP contribution < -0.4 is 16.6 Å². The number of nitrogen functional groups attached to an aromatic ring is 1. The summed E-state index contributed by atoms with van der Waals surface area (Å²) >= 11 is 0. The fraction of sp³-hybridized carbons (Fsp3) is 0.312. The molecule has 1 fully saturated rings. The summed E-state index contributed by atoms with van der Waals surface area (Å²) in [6.45, 7) is 0.698. The average Bonchev–Trinajstić information content (AvgIpc) is 3.54. The first-order valence-electron chi connectivity index (χ1n) is 14.6. The van der Waals surface area contributed by atoms with Gasteiger partial charge in [0, 0.05) is 30.0 Å². The van der Waals surface area contributed by atoms with Crippen LogP contribution in [0.5, 0.6) is 0 Å². The third kappa shape index (κ3) is 4.48. The summed E-state index contributed by atoms with van der Waals surface area (Å²) in [5.74, 6) is 0.0111. The summed E-state index contributed by atoms with van der Waals surface area (Å²) in [5, 5.41) is 13.8. The van der Waals surface area contributed by atoms with E-state index in [0.29, 0.717) is 24.5 Å². The molecule has 42 heavy (non-hydrogen) atoms. The van der Waals surface area contributed by atoms with E-state index in [1.54, 1.807) is 4.68 Å². The van der Waals surface area contributed by atoms with Gasteiger partial charge in [0.2, 0.25) is 0 Å². The van der Waals surface area contributed by atoms with Crippen LogP contribution in [0.25, 0.3) is 27.8 Å². The minimum Gasteiger partial charge on any atom is -0.393 e. The van der Waals surface area contributed by atoms with Gasteiger partial charge in [-0.3, -0.25) is 14.3 Å². The number of aromatic nitrogens is 5. The molecule has 1 aliphatic heterocycles. The lowest BCUT2D eigenvalue weighted by Gasteiger charge is -2.27. The minimum absolute atomic E-state index is 0.202. The van der Waals surface area contributed by atoms with E-state index in [1.165, 1.54) is 6.33 Å². The number of aliphatic hydroxyl groups excluding tert-OH is 1. The van der Waals surface area contributed by atoms with Gasteiger partial charge in [0.15, 0.2) is 0 Å². The van der Waals surface area contributed by atoms with Gasteiger partial charge < -0.3 is 20.7 Å². The highest BCUT2D eigenvalue weighted by Crippen LogP contribution is 2.38. The van der Waals surface area contributed by atoms with Gasteiger partial charge in [0.1, 0.15) is 23.4 Å². The number of benzene rings is 2. The van der Waals surface area contributed by atoms with Crippen LogP contribution in [-0.2, 0) is 13.0 Å². The first-order valence-corrected chi connectivity index (χ1v) is 14.6. The molecule has 2 aromatic carbocycles. The Hall–Kier alpha value is -4.70. The number of amides is 1.